The van der Waals surface area contributed by atoms with Crippen LogP contribution in [-0.2, 0) is 4.74 Å². The number of likely N-dealkylation sites (N-methyl/N-ethyl adjacent to an activating group) is 1. The molecule has 0 spiro atoms. The highest BCUT2D eigenvalue weighted by molar-refractivity contribution is 4.73. The molecule has 0 aliphatic carbocycles. The summed E-state index contributed by atoms with van der Waals surface area (Å²) in [5.41, 5.74) is 6.13. The molecule has 0 radical (unpaired) electrons. The van der Waals surface area contributed by atoms with Crippen LogP contribution < -0.4 is 5.73 Å². The van der Waals surface area contributed by atoms with E-state index in [0.717, 1.165) is 52.5 Å². The number of nitrogens with zero attached hydrogens (tertiary/aromatic N) is 2. The van der Waals surface area contributed by atoms with Gasteiger partial charge >= 0.3 is 0 Å². The molecule has 4 nitrogen and oxygen atoms in total. The first-order valence-corrected chi connectivity index (χ1v) is 6.04. The molecule has 0 saturated carbocycles. The highest BCUT2D eigenvalue weighted by Gasteiger charge is 2.15. The molecule has 1 unspecified atom stereocenters. The van der Waals surface area contributed by atoms with Crippen LogP contribution in [0.2, 0.25) is 0 Å². The van der Waals surface area contributed by atoms with Gasteiger partial charge in [-0.3, -0.25) is 4.90 Å². The number of rotatable bonds is 6. The molecule has 1 aliphatic rings. The molecule has 2 N–H and O–H groups in total. The zero-order valence-electron chi connectivity index (χ0n) is 10.1. The Morgan fingerprint density at radius 3 is 2.40 bits per heavy atom. The fraction of sp³-hybridized carbons (Fsp3) is 1.00. The predicted octanol–water partition coefficient (Wildman–Crippen LogP) is -0.0123. The first kappa shape index (κ1) is 12.9. The van der Waals surface area contributed by atoms with Crippen LogP contribution in [0, 0.1) is 0 Å². The molecule has 15 heavy (non-hydrogen) atoms. The lowest BCUT2D eigenvalue weighted by atomic mass is 10.2. The molecule has 0 bridgehead atoms. The van der Waals surface area contributed by atoms with Crippen molar-refractivity contribution in [1.82, 2.24) is 9.80 Å². The Balaban J connectivity index is 2.18. The molecule has 0 amide bonds. The van der Waals surface area contributed by atoms with E-state index in [4.69, 9.17) is 10.5 Å². The summed E-state index contributed by atoms with van der Waals surface area (Å²) in [5.74, 6) is 0. The van der Waals surface area contributed by atoms with E-state index in [1.807, 2.05) is 0 Å². The Morgan fingerprint density at radius 2 is 1.87 bits per heavy atom. The van der Waals surface area contributed by atoms with E-state index in [9.17, 15) is 0 Å². The van der Waals surface area contributed by atoms with Gasteiger partial charge in [0.15, 0.2) is 0 Å². The monoisotopic (exact) mass is 215 g/mol. The maximum atomic E-state index is 6.13. The number of hydrogen-bond acceptors (Lipinski definition) is 4. The minimum atomic E-state index is 0.267. The lowest BCUT2D eigenvalue weighted by Crippen LogP contribution is -2.48. The second kappa shape index (κ2) is 7.17. The Bertz CT molecular complexity index is 156. The SMILES string of the molecule is CCN(CC)CC(N)CN1CCOCC1. The summed E-state index contributed by atoms with van der Waals surface area (Å²) >= 11 is 0. The summed E-state index contributed by atoms with van der Waals surface area (Å²) in [6.07, 6.45) is 0. The summed E-state index contributed by atoms with van der Waals surface area (Å²) < 4.78 is 5.31. The van der Waals surface area contributed by atoms with Crippen LogP contribution >= 0.6 is 0 Å². The van der Waals surface area contributed by atoms with Crippen molar-refractivity contribution in [2.24, 2.45) is 5.73 Å². The lowest BCUT2D eigenvalue weighted by molar-refractivity contribution is 0.0337. The number of nitrogens with two attached hydrogens (primary N) is 1. The first-order valence-electron chi connectivity index (χ1n) is 6.04. The van der Waals surface area contributed by atoms with Crippen molar-refractivity contribution in [3.8, 4) is 0 Å². The molecule has 4 heteroatoms. The number of morpholine rings is 1. The van der Waals surface area contributed by atoms with Crippen molar-refractivity contribution in [3.05, 3.63) is 0 Å². The summed E-state index contributed by atoms with van der Waals surface area (Å²) in [4.78, 5) is 4.78. The van der Waals surface area contributed by atoms with Crippen molar-refractivity contribution >= 4 is 0 Å². The van der Waals surface area contributed by atoms with E-state index in [-0.39, 0.29) is 6.04 Å². The fourth-order valence-corrected chi connectivity index (χ4v) is 1.99. The zero-order chi connectivity index (χ0) is 11.1. The van der Waals surface area contributed by atoms with Gasteiger partial charge in [0.1, 0.15) is 0 Å². The molecule has 1 heterocycles. The highest BCUT2D eigenvalue weighted by Crippen LogP contribution is 1.99. The molecule has 1 aliphatic heterocycles. The normalized spacial score (nSPS) is 20.8. The largest absolute Gasteiger partial charge is 0.379 e. The van der Waals surface area contributed by atoms with Crippen LogP contribution in [0.4, 0.5) is 0 Å². The van der Waals surface area contributed by atoms with Crippen LogP contribution in [0.1, 0.15) is 13.8 Å². The second-order valence-electron chi connectivity index (χ2n) is 4.16. The van der Waals surface area contributed by atoms with Gasteiger partial charge in [-0.05, 0) is 13.1 Å². The van der Waals surface area contributed by atoms with E-state index in [2.05, 4.69) is 23.6 Å². The summed E-state index contributed by atoms with van der Waals surface area (Å²) in [5, 5.41) is 0. The van der Waals surface area contributed by atoms with Gasteiger partial charge in [0.25, 0.3) is 0 Å². The average molecular weight is 215 g/mol. The van der Waals surface area contributed by atoms with Gasteiger partial charge in [0, 0.05) is 32.2 Å². The number of hydrogen-bond donors (Lipinski definition) is 1. The first-order chi connectivity index (χ1) is 7.26. The van der Waals surface area contributed by atoms with Crippen molar-refractivity contribution < 1.29 is 4.74 Å². The van der Waals surface area contributed by atoms with Gasteiger partial charge in [-0.2, -0.15) is 0 Å². The predicted molar refractivity (Wildman–Crippen MR) is 63.0 cm³/mol. The van der Waals surface area contributed by atoms with E-state index in [1.54, 1.807) is 0 Å². The van der Waals surface area contributed by atoms with Crippen molar-refractivity contribution in [2.75, 3.05) is 52.5 Å². The molecule has 90 valence electrons. The van der Waals surface area contributed by atoms with Gasteiger partial charge in [-0.25, -0.2) is 0 Å². The van der Waals surface area contributed by atoms with E-state index in [0.29, 0.717) is 0 Å². The van der Waals surface area contributed by atoms with Crippen molar-refractivity contribution in [3.63, 3.8) is 0 Å². The second-order valence-corrected chi connectivity index (χ2v) is 4.16. The molecule has 1 fully saturated rings. The molecule has 0 aromatic heterocycles. The number of ether oxygens (including phenoxy) is 1. The maximum absolute atomic E-state index is 6.13. The quantitative estimate of drug-likeness (QED) is 0.676. The van der Waals surface area contributed by atoms with E-state index in [1.165, 1.54) is 0 Å². The molecule has 1 rings (SSSR count). The molecular formula is C11H25N3O. The van der Waals surface area contributed by atoms with Crippen molar-refractivity contribution in [1.29, 1.82) is 0 Å². The standard InChI is InChI=1S/C11H25N3O/c1-3-13(4-2)9-11(12)10-14-5-7-15-8-6-14/h11H,3-10,12H2,1-2H3. The van der Waals surface area contributed by atoms with Crippen LogP contribution in [0.25, 0.3) is 0 Å². The van der Waals surface area contributed by atoms with Crippen LogP contribution in [-0.4, -0.2) is 68.3 Å². The third kappa shape index (κ3) is 4.93. The summed E-state index contributed by atoms with van der Waals surface area (Å²) in [6, 6.07) is 0.267. The van der Waals surface area contributed by atoms with Gasteiger partial charge in [-0.15, -0.1) is 0 Å². The molecule has 0 aromatic carbocycles. The Hall–Kier alpha value is -0.160. The lowest BCUT2D eigenvalue weighted by Gasteiger charge is -2.31. The average Bonchev–Trinajstić information content (AvgIpc) is 2.27. The van der Waals surface area contributed by atoms with Crippen molar-refractivity contribution in [2.45, 2.75) is 19.9 Å². The molecule has 1 saturated heterocycles. The topological polar surface area (TPSA) is 41.7 Å². The maximum Gasteiger partial charge on any atom is 0.0594 e. The van der Waals surface area contributed by atoms with Crippen LogP contribution in [0.5, 0.6) is 0 Å². The van der Waals surface area contributed by atoms with Crippen LogP contribution in [0.15, 0.2) is 0 Å². The summed E-state index contributed by atoms with van der Waals surface area (Å²) in [6.45, 7) is 12.3. The summed E-state index contributed by atoms with van der Waals surface area (Å²) in [7, 11) is 0. The Kier molecular flexibility index (Phi) is 6.17. The zero-order valence-corrected chi connectivity index (χ0v) is 10.1. The van der Waals surface area contributed by atoms with Gasteiger partial charge < -0.3 is 15.4 Å². The Labute approximate surface area is 93.4 Å². The van der Waals surface area contributed by atoms with Gasteiger partial charge in [-0.1, -0.05) is 13.8 Å². The van der Waals surface area contributed by atoms with Gasteiger partial charge in [0.05, 0.1) is 13.2 Å². The highest BCUT2D eigenvalue weighted by atomic mass is 16.5. The van der Waals surface area contributed by atoms with Crippen LogP contribution in [0.3, 0.4) is 0 Å². The fourth-order valence-electron chi connectivity index (χ4n) is 1.99. The van der Waals surface area contributed by atoms with E-state index >= 15 is 0 Å². The molecular weight excluding hydrogens is 190 g/mol. The molecule has 0 aromatic rings. The smallest absolute Gasteiger partial charge is 0.0594 e. The third-order valence-electron chi connectivity index (χ3n) is 2.98. The Morgan fingerprint density at radius 1 is 1.27 bits per heavy atom. The van der Waals surface area contributed by atoms with E-state index < -0.39 is 0 Å². The minimum absolute atomic E-state index is 0.267. The third-order valence-corrected chi connectivity index (χ3v) is 2.98. The minimum Gasteiger partial charge on any atom is -0.379 e. The van der Waals surface area contributed by atoms with Gasteiger partial charge in [0.2, 0.25) is 0 Å². The molecule has 1 atom stereocenters.